The number of rotatable bonds is 6. The van der Waals surface area contributed by atoms with E-state index in [1.165, 1.54) is 33.5 Å². The normalized spacial score (nSPS) is 24.0. The minimum atomic E-state index is -2.11. The third-order valence-electron chi connectivity index (χ3n) is 3.77. The molecular weight excluding hydrogens is 351 g/mol. The van der Waals surface area contributed by atoms with Gasteiger partial charge < -0.3 is 19.3 Å². The first-order chi connectivity index (χ1) is 11.9. The summed E-state index contributed by atoms with van der Waals surface area (Å²) in [5, 5.41) is 8.15. The summed E-state index contributed by atoms with van der Waals surface area (Å²) in [5.41, 5.74) is 0.398. The van der Waals surface area contributed by atoms with Crippen molar-refractivity contribution >= 4 is 17.4 Å². The highest BCUT2D eigenvalue weighted by Gasteiger charge is 2.52. The lowest BCUT2D eigenvalue weighted by molar-refractivity contribution is -0.0237. The number of ketones is 1. The van der Waals surface area contributed by atoms with Crippen molar-refractivity contribution in [2.75, 3.05) is 21.3 Å². The average molecular weight is 369 g/mol. The van der Waals surface area contributed by atoms with Gasteiger partial charge in [-0.2, -0.15) is 0 Å². The van der Waals surface area contributed by atoms with Crippen molar-refractivity contribution < 1.29 is 28.5 Å². The molecule has 0 aliphatic heterocycles. The largest absolute Gasteiger partial charge is 0.508 e. The van der Waals surface area contributed by atoms with E-state index in [9.17, 15) is 14.3 Å². The SMILES string of the molecule is COC1=C(OC)C(Cl)(OC)C(F)C(O)=C1/C=C/C(=O)c1ccccc1. The standard InChI is InChI=1S/C18H18ClFO5/c1-23-15-12(9-10-13(21)11-7-5-4-6-8-11)14(22)16(20)18(19,25-3)17(15)24-2/h4-10,16,22H,1-3H3/b10-9+. The topological polar surface area (TPSA) is 65.0 Å². The Morgan fingerprint density at radius 3 is 2.40 bits per heavy atom. The number of benzene rings is 1. The molecule has 1 aliphatic carbocycles. The molecule has 7 heteroatoms. The fourth-order valence-electron chi connectivity index (χ4n) is 2.47. The van der Waals surface area contributed by atoms with Gasteiger partial charge >= 0.3 is 0 Å². The molecule has 0 fully saturated rings. The molecule has 1 N–H and O–H groups in total. The molecule has 0 bridgehead atoms. The molecular formula is C18H18ClFO5. The molecule has 0 amide bonds. The third kappa shape index (κ3) is 3.41. The summed E-state index contributed by atoms with van der Waals surface area (Å²) in [5.74, 6) is -1.20. The van der Waals surface area contributed by atoms with Gasteiger partial charge in [0.25, 0.3) is 0 Å². The van der Waals surface area contributed by atoms with Crippen LogP contribution < -0.4 is 0 Å². The van der Waals surface area contributed by atoms with Gasteiger partial charge in [0.05, 0.1) is 19.8 Å². The van der Waals surface area contributed by atoms with Crippen LogP contribution in [0.3, 0.4) is 0 Å². The van der Waals surface area contributed by atoms with Gasteiger partial charge in [0.15, 0.2) is 17.3 Å². The van der Waals surface area contributed by atoms with Crippen molar-refractivity contribution in [3.8, 4) is 0 Å². The molecule has 0 aromatic heterocycles. The lowest BCUT2D eigenvalue weighted by Crippen LogP contribution is -2.44. The lowest BCUT2D eigenvalue weighted by atomic mass is 9.95. The van der Waals surface area contributed by atoms with E-state index in [1.807, 2.05) is 0 Å². The van der Waals surface area contributed by atoms with Crippen LogP contribution in [0.1, 0.15) is 10.4 Å². The maximum atomic E-state index is 14.6. The summed E-state index contributed by atoms with van der Waals surface area (Å²) in [6.45, 7) is 0. The van der Waals surface area contributed by atoms with Crippen molar-refractivity contribution in [1.82, 2.24) is 0 Å². The predicted octanol–water partition coefficient (Wildman–Crippen LogP) is 3.68. The summed E-state index contributed by atoms with van der Waals surface area (Å²) in [6, 6.07) is 8.51. The van der Waals surface area contributed by atoms with Crippen molar-refractivity contribution in [3.63, 3.8) is 0 Å². The third-order valence-corrected chi connectivity index (χ3v) is 4.29. The zero-order valence-electron chi connectivity index (χ0n) is 14.0. The number of hydrogen-bond acceptors (Lipinski definition) is 5. The first-order valence-corrected chi connectivity index (χ1v) is 7.70. The van der Waals surface area contributed by atoms with E-state index in [1.54, 1.807) is 30.3 Å². The van der Waals surface area contributed by atoms with Gasteiger partial charge in [-0.25, -0.2) is 4.39 Å². The quantitative estimate of drug-likeness (QED) is 0.471. The summed E-state index contributed by atoms with van der Waals surface area (Å²) in [6.07, 6.45) is 0.342. The van der Waals surface area contributed by atoms with Crippen LogP contribution in [-0.4, -0.2) is 43.5 Å². The number of hydrogen-bond donors (Lipinski definition) is 1. The van der Waals surface area contributed by atoms with Crippen LogP contribution in [0.5, 0.6) is 0 Å². The van der Waals surface area contributed by atoms with Gasteiger partial charge in [0, 0.05) is 12.7 Å². The molecule has 2 atom stereocenters. The maximum Gasteiger partial charge on any atom is 0.241 e. The van der Waals surface area contributed by atoms with Crippen molar-refractivity contribution in [2.45, 2.75) is 11.2 Å². The van der Waals surface area contributed by atoms with E-state index >= 15 is 0 Å². The molecule has 0 saturated heterocycles. The second-order valence-corrected chi connectivity index (χ2v) is 5.70. The van der Waals surface area contributed by atoms with E-state index in [0.29, 0.717) is 5.56 Å². The molecule has 0 saturated carbocycles. The number of aliphatic hydroxyl groups excluding tert-OH is 1. The summed E-state index contributed by atoms with van der Waals surface area (Å²) < 4.78 is 29.9. The Kier molecular flexibility index (Phi) is 5.87. The second-order valence-electron chi connectivity index (χ2n) is 5.14. The van der Waals surface area contributed by atoms with Crippen molar-refractivity contribution in [3.05, 3.63) is 70.9 Å². The number of aliphatic hydroxyl groups is 1. The monoisotopic (exact) mass is 368 g/mol. The molecule has 0 radical (unpaired) electrons. The Balaban J connectivity index is 2.47. The molecule has 1 aromatic rings. The smallest absolute Gasteiger partial charge is 0.241 e. The summed E-state index contributed by atoms with van der Waals surface area (Å²) in [7, 11) is 3.76. The Labute approximate surface area is 150 Å². The number of halogens is 2. The number of ether oxygens (including phenoxy) is 3. The minimum absolute atomic E-state index is 0.0251. The highest BCUT2D eigenvalue weighted by molar-refractivity contribution is 6.25. The van der Waals surface area contributed by atoms with Gasteiger partial charge in [-0.05, 0) is 12.2 Å². The van der Waals surface area contributed by atoms with Crippen LogP contribution in [0.25, 0.3) is 0 Å². The highest BCUT2D eigenvalue weighted by Crippen LogP contribution is 2.44. The fourth-order valence-corrected chi connectivity index (χ4v) is 2.74. The summed E-state index contributed by atoms with van der Waals surface area (Å²) in [4.78, 5) is 12.2. The van der Waals surface area contributed by atoms with Gasteiger partial charge in [0.2, 0.25) is 11.2 Å². The number of carbonyl (C=O) groups is 1. The van der Waals surface area contributed by atoms with Crippen LogP contribution in [0.4, 0.5) is 4.39 Å². The lowest BCUT2D eigenvalue weighted by Gasteiger charge is -2.35. The van der Waals surface area contributed by atoms with Crippen molar-refractivity contribution in [1.29, 1.82) is 0 Å². The number of carbonyl (C=O) groups excluding carboxylic acids is 1. The first kappa shape index (κ1) is 19.0. The van der Waals surface area contributed by atoms with Gasteiger partial charge in [-0.3, -0.25) is 4.79 Å². The van der Waals surface area contributed by atoms with Gasteiger partial charge in [0.1, 0.15) is 5.76 Å². The fraction of sp³-hybridized carbons (Fsp3) is 0.278. The molecule has 0 heterocycles. The van der Waals surface area contributed by atoms with Crippen LogP contribution in [0, 0.1) is 0 Å². The van der Waals surface area contributed by atoms with E-state index in [-0.39, 0.29) is 22.9 Å². The van der Waals surface area contributed by atoms with E-state index < -0.39 is 17.0 Å². The van der Waals surface area contributed by atoms with Crippen LogP contribution >= 0.6 is 11.6 Å². The van der Waals surface area contributed by atoms with Crippen molar-refractivity contribution in [2.24, 2.45) is 0 Å². The minimum Gasteiger partial charge on any atom is -0.508 e. The van der Waals surface area contributed by atoms with E-state index in [2.05, 4.69) is 0 Å². The van der Waals surface area contributed by atoms with E-state index in [0.717, 1.165) is 0 Å². The average Bonchev–Trinajstić information content (AvgIpc) is 2.65. The van der Waals surface area contributed by atoms with Crippen LogP contribution in [-0.2, 0) is 14.2 Å². The van der Waals surface area contributed by atoms with E-state index in [4.69, 9.17) is 25.8 Å². The maximum absolute atomic E-state index is 14.6. The van der Waals surface area contributed by atoms with Gasteiger partial charge in [-0.1, -0.05) is 41.9 Å². The molecule has 0 spiro atoms. The molecule has 1 aromatic carbocycles. The molecule has 5 nitrogen and oxygen atoms in total. The zero-order valence-corrected chi connectivity index (χ0v) is 14.7. The predicted molar refractivity (Wildman–Crippen MR) is 91.1 cm³/mol. The van der Waals surface area contributed by atoms with Gasteiger partial charge in [-0.15, -0.1) is 0 Å². The Hall–Kier alpha value is -2.31. The Bertz CT molecular complexity index is 741. The molecule has 2 rings (SSSR count). The Morgan fingerprint density at radius 2 is 1.88 bits per heavy atom. The molecule has 1 aliphatic rings. The zero-order chi connectivity index (χ0) is 18.6. The second kappa shape index (κ2) is 7.72. The highest BCUT2D eigenvalue weighted by atomic mass is 35.5. The van der Waals surface area contributed by atoms with Crippen LogP contribution in [0.2, 0.25) is 0 Å². The number of allylic oxidation sites excluding steroid dienone is 2. The number of methoxy groups -OCH3 is 3. The van der Waals surface area contributed by atoms with Crippen LogP contribution in [0.15, 0.2) is 65.3 Å². The summed E-state index contributed by atoms with van der Waals surface area (Å²) >= 11 is 6.12. The molecule has 25 heavy (non-hydrogen) atoms. The Morgan fingerprint density at radius 1 is 1.24 bits per heavy atom. The number of alkyl halides is 2. The first-order valence-electron chi connectivity index (χ1n) is 7.32. The molecule has 134 valence electrons. The molecule has 2 unspecified atom stereocenters.